The quantitative estimate of drug-likeness (QED) is 0.763. The Balaban J connectivity index is 1.43. The maximum Gasteiger partial charge on any atom is 0.0137 e. The van der Waals surface area contributed by atoms with E-state index in [2.05, 4.69) is 9.80 Å². The standard InChI is InChI=1S/C13H25N3/c14-9-12-3-4-13(12)16-7-5-15(6-8-16)10-11-1-2-11/h11-13H,1-10,14H2. The largest absolute Gasteiger partial charge is 0.330 e. The van der Waals surface area contributed by atoms with Crippen LogP contribution in [0.15, 0.2) is 0 Å². The third-order valence-corrected chi connectivity index (χ3v) is 4.77. The number of hydrogen-bond acceptors (Lipinski definition) is 3. The van der Waals surface area contributed by atoms with Crippen LogP contribution in [0.25, 0.3) is 0 Å². The van der Waals surface area contributed by atoms with Gasteiger partial charge in [-0.25, -0.2) is 0 Å². The summed E-state index contributed by atoms with van der Waals surface area (Å²) < 4.78 is 0. The molecule has 16 heavy (non-hydrogen) atoms. The second-order valence-corrected chi connectivity index (χ2v) is 5.92. The van der Waals surface area contributed by atoms with Gasteiger partial charge in [-0.15, -0.1) is 0 Å². The van der Waals surface area contributed by atoms with Crippen LogP contribution in [-0.4, -0.2) is 55.1 Å². The van der Waals surface area contributed by atoms with E-state index in [4.69, 9.17) is 5.73 Å². The predicted molar refractivity (Wildman–Crippen MR) is 66.3 cm³/mol. The lowest BCUT2D eigenvalue weighted by molar-refractivity contribution is 0.0230. The predicted octanol–water partition coefficient (Wildman–Crippen LogP) is 0.751. The molecule has 3 nitrogen and oxygen atoms in total. The highest BCUT2D eigenvalue weighted by atomic mass is 15.3. The van der Waals surface area contributed by atoms with Crippen molar-refractivity contribution in [3.05, 3.63) is 0 Å². The molecule has 0 aromatic rings. The Labute approximate surface area is 99.0 Å². The lowest BCUT2D eigenvalue weighted by Crippen LogP contribution is -2.56. The van der Waals surface area contributed by atoms with E-state index in [0.717, 1.165) is 24.4 Å². The van der Waals surface area contributed by atoms with Crippen LogP contribution in [0.2, 0.25) is 0 Å². The first kappa shape index (κ1) is 11.0. The van der Waals surface area contributed by atoms with Crippen LogP contribution >= 0.6 is 0 Å². The summed E-state index contributed by atoms with van der Waals surface area (Å²) in [5.74, 6) is 1.85. The summed E-state index contributed by atoms with van der Waals surface area (Å²) in [6, 6.07) is 0.827. The summed E-state index contributed by atoms with van der Waals surface area (Å²) in [5, 5.41) is 0. The molecule has 0 spiro atoms. The van der Waals surface area contributed by atoms with Gasteiger partial charge in [-0.05, 0) is 44.1 Å². The first-order valence-electron chi connectivity index (χ1n) is 7.03. The van der Waals surface area contributed by atoms with E-state index in [9.17, 15) is 0 Å². The molecule has 3 heteroatoms. The molecule has 0 aromatic heterocycles. The third kappa shape index (κ3) is 2.27. The van der Waals surface area contributed by atoms with Gasteiger partial charge in [-0.1, -0.05) is 0 Å². The van der Waals surface area contributed by atoms with Crippen molar-refractivity contribution in [3.63, 3.8) is 0 Å². The zero-order valence-electron chi connectivity index (χ0n) is 10.3. The van der Waals surface area contributed by atoms with E-state index in [1.165, 1.54) is 58.4 Å². The molecule has 2 atom stereocenters. The van der Waals surface area contributed by atoms with Gasteiger partial charge in [-0.3, -0.25) is 4.90 Å². The molecule has 1 aliphatic heterocycles. The summed E-state index contributed by atoms with van der Waals surface area (Å²) in [5.41, 5.74) is 5.80. The Hall–Kier alpha value is -0.120. The van der Waals surface area contributed by atoms with E-state index in [1.807, 2.05) is 0 Å². The van der Waals surface area contributed by atoms with Crippen LogP contribution in [-0.2, 0) is 0 Å². The maximum absolute atomic E-state index is 5.80. The molecular formula is C13H25N3. The van der Waals surface area contributed by atoms with Crippen molar-refractivity contribution >= 4 is 0 Å². The van der Waals surface area contributed by atoms with Crippen molar-refractivity contribution in [2.75, 3.05) is 39.3 Å². The Kier molecular flexibility index (Phi) is 3.18. The van der Waals surface area contributed by atoms with Crippen LogP contribution in [0.4, 0.5) is 0 Å². The molecule has 1 heterocycles. The molecule has 1 saturated heterocycles. The lowest BCUT2D eigenvalue weighted by atomic mass is 9.78. The maximum atomic E-state index is 5.80. The molecule has 0 radical (unpaired) electrons. The number of hydrogen-bond donors (Lipinski definition) is 1. The minimum atomic E-state index is 0.801. The summed E-state index contributed by atoms with van der Waals surface area (Å²) in [7, 11) is 0. The molecule has 2 N–H and O–H groups in total. The van der Waals surface area contributed by atoms with Crippen molar-refractivity contribution in [2.45, 2.75) is 31.7 Å². The van der Waals surface area contributed by atoms with Gasteiger partial charge < -0.3 is 10.6 Å². The molecule has 2 aliphatic carbocycles. The van der Waals surface area contributed by atoms with Gasteiger partial charge in [0, 0.05) is 38.8 Å². The van der Waals surface area contributed by atoms with Gasteiger partial charge >= 0.3 is 0 Å². The van der Waals surface area contributed by atoms with Crippen molar-refractivity contribution in [2.24, 2.45) is 17.6 Å². The molecule has 2 saturated carbocycles. The number of piperazine rings is 1. The average Bonchev–Trinajstić information content (AvgIpc) is 3.04. The first-order chi connectivity index (χ1) is 7.86. The van der Waals surface area contributed by atoms with Crippen LogP contribution in [0.5, 0.6) is 0 Å². The van der Waals surface area contributed by atoms with Crippen LogP contribution in [0.3, 0.4) is 0 Å². The first-order valence-corrected chi connectivity index (χ1v) is 7.03. The van der Waals surface area contributed by atoms with Crippen molar-refractivity contribution in [1.82, 2.24) is 9.80 Å². The van der Waals surface area contributed by atoms with Gasteiger partial charge in [-0.2, -0.15) is 0 Å². The average molecular weight is 223 g/mol. The highest BCUT2D eigenvalue weighted by Gasteiger charge is 2.36. The minimum Gasteiger partial charge on any atom is -0.330 e. The summed E-state index contributed by atoms with van der Waals surface area (Å²) in [6.07, 6.45) is 5.73. The number of nitrogens with zero attached hydrogens (tertiary/aromatic N) is 2. The van der Waals surface area contributed by atoms with E-state index < -0.39 is 0 Å². The van der Waals surface area contributed by atoms with Crippen LogP contribution in [0, 0.1) is 11.8 Å². The van der Waals surface area contributed by atoms with Gasteiger partial charge in [0.2, 0.25) is 0 Å². The Morgan fingerprint density at radius 2 is 1.69 bits per heavy atom. The molecule has 92 valence electrons. The molecule has 0 bridgehead atoms. The van der Waals surface area contributed by atoms with Gasteiger partial charge in [0.05, 0.1) is 0 Å². The van der Waals surface area contributed by atoms with Gasteiger partial charge in [0.1, 0.15) is 0 Å². The second kappa shape index (κ2) is 4.63. The Morgan fingerprint density at radius 1 is 0.938 bits per heavy atom. The van der Waals surface area contributed by atoms with E-state index >= 15 is 0 Å². The molecule has 0 amide bonds. The number of rotatable bonds is 4. The summed E-state index contributed by atoms with van der Waals surface area (Å²) in [6.45, 7) is 7.43. The van der Waals surface area contributed by atoms with E-state index in [0.29, 0.717) is 0 Å². The van der Waals surface area contributed by atoms with Crippen LogP contribution < -0.4 is 5.73 Å². The summed E-state index contributed by atoms with van der Waals surface area (Å²) >= 11 is 0. The molecule has 2 unspecified atom stereocenters. The van der Waals surface area contributed by atoms with Gasteiger partial charge in [0.25, 0.3) is 0 Å². The topological polar surface area (TPSA) is 32.5 Å². The normalized spacial score (nSPS) is 37.3. The molecule has 3 rings (SSSR count). The fraction of sp³-hybridized carbons (Fsp3) is 1.00. The molecule has 3 aliphatic rings. The third-order valence-electron chi connectivity index (χ3n) is 4.77. The lowest BCUT2D eigenvalue weighted by Gasteiger charge is -2.47. The van der Waals surface area contributed by atoms with Crippen LogP contribution in [0.1, 0.15) is 25.7 Å². The smallest absolute Gasteiger partial charge is 0.0137 e. The monoisotopic (exact) mass is 223 g/mol. The summed E-state index contributed by atoms with van der Waals surface area (Å²) in [4.78, 5) is 5.37. The minimum absolute atomic E-state index is 0.801. The Morgan fingerprint density at radius 3 is 2.19 bits per heavy atom. The molecular weight excluding hydrogens is 198 g/mol. The zero-order chi connectivity index (χ0) is 11.0. The van der Waals surface area contributed by atoms with E-state index in [1.54, 1.807) is 0 Å². The van der Waals surface area contributed by atoms with Crippen molar-refractivity contribution in [3.8, 4) is 0 Å². The van der Waals surface area contributed by atoms with Crippen molar-refractivity contribution in [1.29, 1.82) is 0 Å². The zero-order valence-corrected chi connectivity index (χ0v) is 10.3. The van der Waals surface area contributed by atoms with E-state index in [-0.39, 0.29) is 0 Å². The fourth-order valence-electron chi connectivity index (χ4n) is 3.25. The van der Waals surface area contributed by atoms with Gasteiger partial charge in [0.15, 0.2) is 0 Å². The highest BCUT2D eigenvalue weighted by Crippen LogP contribution is 2.33. The molecule has 0 aromatic carbocycles. The highest BCUT2D eigenvalue weighted by molar-refractivity contribution is 4.91. The fourth-order valence-corrected chi connectivity index (χ4v) is 3.25. The Bertz CT molecular complexity index is 229. The van der Waals surface area contributed by atoms with Crippen molar-refractivity contribution < 1.29 is 0 Å². The SMILES string of the molecule is NCC1CCC1N1CCN(CC2CC2)CC1. The molecule has 3 fully saturated rings. The second-order valence-electron chi connectivity index (χ2n) is 5.92. The number of nitrogens with two attached hydrogens (primary N) is 1.